The number of aryl methyl sites for hydroxylation is 1. The standard InChI is InChI=1S/C19H20N2O6/c1-11-6-5-7-15(12(11)2)19(23)27-13(3)18(22)20-16-9-8-14(26-4)10-17(16)21(24)25/h5-10,13H,1-4H3,(H,20,22). The predicted octanol–water partition coefficient (Wildman–Crippen LogP) is 3.40. The molecule has 0 aromatic heterocycles. The molecule has 0 aliphatic rings. The molecule has 0 aliphatic heterocycles. The van der Waals surface area contributed by atoms with E-state index in [-0.39, 0.29) is 17.1 Å². The van der Waals surface area contributed by atoms with Gasteiger partial charge in [-0.15, -0.1) is 0 Å². The highest BCUT2D eigenvalue weighted by molar-refractivity contribution is 5.99. The van der Waals surface area contributed by atoms with Crippen molar-refractivity contribution in [3.8, 4) is 5.75 Å². The van der Waals surface area contributed by atoms with Crippen molar-refractivity contribution in [2.45, 2.75) is 26.9 Å². The van der Waals surface area contributed by atoms with Crippen molar-refractivity contribution in [3.63, 3.8) is 0 Å². The Kier molecular flexibility index (Phi) is 6.12. The van der Waals surface area contributed by atoms with Crippen LogP contribution in [0.3, 0.4) is 0 Å². The molecule has 2 aromatic rings. The number of rotatable bonds is 6. The van der Waals surface area contributed by atoms with E-state index >= 15 is 0 Å². The van der Waals surface area contributed by atoms with Gasteiger partial charge < -0.3 is 14.8 Å². The lowest BCUT2D eigenvalue weighted by atomic mass is 10.0. The Morgan fingerprint density at radius 1 is 1.19 bits per heavy atom. The number of amides is 1. The fourth-order valence-electron chi connectivity index (χ4n) is 2.38. The molecule has 142 valence electrons. The molecule has 0 heterocycles. The number of anilines is 1. The maximum atomic E-state index is 12.3. The number of carbonyl (C=O) groups is 2. The van der Waals surface area contributed by atoms with Crippen molar-refractivity contribution in [3.05, 3.63) is 63.2 Å². The van der Waals surface area contributed by atoms with Crippen molar-refractivity contribution < 1.29 is 24.0 Å². The first-order valence-electron chi connectivity index (χ1n) is 8.15. The normalized spacial score (nSPS) is 11.4. The molecule has 1 unspecified atom stereocenters. The number of nitro benzene ring substituents is 1. The molecule has 0 spiro atoms. The zero-order chi connectivity index (χ0) is 20.1. The molecular weight excluding hydrogens is 352 g/mol. The summed E-state index contributed by atoms with van der Waals surface area (Å²) in [7, 11) is 1.38. The molecule has 1 amide bonds. The topological polar surface area (TPSA) is 108 Å². The van der Waals surface area contributed by atoms with E-state index in [0.717, 1.165) is 11.1 Å². The van der Waals surface area contributed by atoms with Gasteiger partial charge in [0, 0.05) is 0 Å². The van der Waals surface area contributed by atoms with E-state index in [1.807, 2.05) is 13.0 Å². The summed E-state index contributed by atoms with van der Waals surface area (Å²) in [6.07, 6.45) is -1.14. The van der Waals surface area contributed by atoms with E-state index in [4.69, 9.17) is 9.47 Å². The number of hydrogen-bond acceptors (Lipinski definition) is 6. The molecule has 1 atom stereocenters. The molecule has 0 aliphatic carbocycles. The summed E-state index contributed by atoms with van der Waals surface area (Å²) < 4.78 is 10.2. The molecule has 0 saturated heterocycles. The number of nitrogens with one attached hydrogen (secondary N) is 1. The Balaban J connectivity index is 2.13. The van der Waals surface area contributed by atoms with Crippen LogP contribution in [0.2, 0.25) is 0 Å². The summed E-state index contributed by atoms with van der Waals surface area (Å²) in [5.74, 6) is -1.03. The quantitative estimate of drug-likeness (QED) is 0.473. The first kappa shape index (κ1) is 19.9. The first-order valence-corrected chi connectivity index (χ1v) is 8.15. The molecule has 2 aromatic carbocycles. The summed E-state index contributed by atoms with van der Waals surface area (Å²) in [5, 5.41) is 13.6. The van der Waals surface area contributed by atoms with Crippen LogP contribution in [0.5, 0.6) is 5.75 Å². The van der Waals surface area contributed by atoms with Crippen molar-refractivity contribution in [1.29, 1.82) is 0 Å². The minimum atomic E-state index is -1.14. The Morgan fingerprint density at radius 3 is 2.52 bits per heavy atom. The molecule has 0 saturated carbocycles. The number of esters is 1. The van der Waals surface area contributed by atoms with E-state index in [2.05, 4.69) is 5.32 Å². The summed E-state index contributed by atoms with van der Waals surface area (Å²) in [5.41, 5.74) is 1.72. The Morgan fingerprint density at radius 2 is 1.89 bits per heavy atom. The molecule has 0 fully saturated rings. The number of ether oxygens (including phenoxy) is 2. The molecule has 8 heteroatoms. The summed E-state index contributed by atoms with van der Waals surface area (Å²) in [4.78, 5) is 35.2. The maximum absolute atomic E-state index is 12.3. The van der Waals surface area contributed by atoms with Gasteiger partial charge in [-0.2, -0.15) is 0 Å². The van der Waals surface area contributed by atoms with Gasteiger partial charge in [-0.25, -0.2) is 4.79 Å². The zero-order valence-corrected chi connectivity index (χ0v) is 15.4. The first-order chi connectivity index (χ1) is 12.7. The smallest absolute Gasteiger partial charge is 0.339 e. The van der Waals surface area contributed by atoms with Crippen molar-refractivity contribution in [2.24, 2.45) is 0 Å². The zero-order valence-electron chi connectivity index (χ0n) is 15.4. The van der Waals surface area contributed by atoms with Gasteiger partial charge in [0.05, 0.1) is 23.7 Å². The van der Waals surface area contributed by atoms with Gasteiger partial charge in [-0.3, -0.25) is 14.9 Å². The fourth-order valence-corrected chi connectivity index (χ4v) is 2.38. The van der Waals surface area contributed by atoms with Crippen LogP contribution in [-0.4, -0.2) is 30.0 Å². The van der Waals surface area contributed by atoms with Crippen molar-refractivity contribution in [2.75, 3.05) is 12.4 Å². The third-order valence-corrected chi connectivity index (χ3v) is 4.14. The van der Waals surface area contributed by atoms with Crippen LogP contribution in [0, 0.1) is 24.0 Å². The second kappa shape index (κ2) is 8.31. The number of carbonyl (C=O) groups excluding carboxylic acids is 2. The van der Waals surface area contributed by atoms with Gasteiger partial charge in [-0.05, 0) is 50.1 Å². The van der Waals surface area contributed by atoms with Gasteiger partial charge in [-0.1, -0.05) is 12.1 Å². The molecule has 0 bridgehead atoms. The number of nitrogens with zero attached hydrogens (tertiary/aromatic N) is 1. The minimum absolute atomic E-state index is 0.0135. The van der Waals surface area contributed by atoms with Crippen LogP contribution in [-0.2, 0) is 9.53 Å². The molecule has 8 nitrogen and oxygen atoms in total. The summed E-state index contributed by atoms with van der Waals surface area (Å²) >= 11 is 0. The van der Waals surface area contributed by atoms with Gasteiger partial charge in [0.1, 0.15) is 11.4 Å². The lowest BCUT2D eigenvalue weighted by Gasteiger charge is -2.15. The van der Waals surface area contributed by atoms with E-state index in [1.165, 1.54) is 32.2 Å². The monoisotopic (exact) mass is 372 g/mol. The Bertz CT molecular complexity index is 894. The number of methoxy groups -OCH3 is 1. The van der Waals surface area contributed by atoms with E-state index in [9.17, 15) is 19.7 Å². The van der Waals surface area contributed by atoms with Gasteiger partial charge in [0.25, 0.3) is 11.6 Å². The van der Waals surface area contributed by atoms with Crippen LogP contribution in [0.25, 0.3) is 0 Å². The molecule has 2 rings (SSSR count). The molecular formula is C19H20N2O6. The van der Waals surface area contributed by atoms with Crippen molar-refractivity contribution in [1.82, 2.24) is 0 Å². The SMILES string of the molecule is COc1ccc(NC(=O)C(C)OC(=O)c2cccc(C)c2C)c([N+](=O)[O-])c1. The highest BCUT2D eigenvalue weighted by Crippen LogP contribution is 2.29. The Labute approximate surface area is 156 Å². The van der Waals surface area contributed by atoms with E-state index in [0.29, 0.717) is 5.56 Å². The van der Waals surface area contributed by atoms with Crippen molar-refractivity contribution >= 4 is 23.3 Å². The largest absolute Gasteiger partial charge is 0.496 e. The van der Waals surface area contributed by atoms with Crippen LogP contribution in [0.4, 0.5) is 11.4 Å². The van der Waals surface area contributed by atoms with Gasteiger partial charge in [0.2, 0.25) is 0 Å². The average Bonchev–Trinajstić information content (AvgIpc) is 2.63. The van der Waals surface area contributed by atoms with Crippen LogP contribution in [0.15, 0.2) is 36.4 Å². The van der Waals surface area contributed by atoms with Crippen LogP contribution < -0.4 is 10.1 Å². The maximum Gasteiger partial charge on any atom is 0.339 e. The molecule has 1 N–H and O–H groups in total. The second-order valence-electron chi connectivity index (χ2n) is 5.92. The Hall–Kier alpha value is -3.42. The lowest BCUT2D eigenvalue weighted by molar-refractivity contribution is -0.384. The summed E-state index contributed by atoms with van der Waals surface area (Å²) in [6.45, 7) is 5.05. The third kappa shape index (κ3) is 4.60. The number of hydrogen-bond donors (Lipinski definition) is 1. The fraction of sp³-hybridized carbons (Fsp3) is 0.263. The highest BCUT2D eigenvalue weighted by Gasteiger charge is 2.23. The molecule has 27 heavy (non-hydrogen) atoms. The third-order valence-electron chi connectivity index (χ3n) is 4.14. The minimum Gasteiger partial charge on any atom is -0.496 e. The average molecular weight is 372 g/mol. The molecule has 0 radical (unpaired) electrons. The lowest BCUT2D eigenvalue weighted by Crippen LogP contribution is -2.30. The van der Waals surface area contributed by atoms with E-state index < -0.39 is 22.9 Å². The highest BCUT2D eigenvalue weighted by atomic mass is 16.6. The second-order valence-corrected chi connectivity index (χ2v) is 5.92. The van der Waals surface area contributed by atoms with Gasteiger partial charge in [0.15, 0.2) is 6.10 Å². The summed E-state index contributed by atoms with van der Waals surface area (Å²) in [6, 6.07) is 9.24. The van der Waals surface area contributed by atoms with Crippen LogP contribution >= 0.6 is 0 Å². The van der Waals surface area contributed by atoms with E-state index in [1.54, 1.807) is 19.1 Å². The van der Waals surface area contributed by atoms with Crippen LogP contribution in [0.1, 0.15) is 28.4 Å². The predicted molar refractivity (Wildman–Crippen MR) is 99.1 cm³/mol. The number of nitro groups is 1. The number of benzene rings is 2. The van der Waals surface area contributed by atoms with Gasteiger partial charge >= 0.3 is 5.97 Å².